The number of aliphatic imine (C=N–C) groups is 1. The molecule has 1 aliphatic heterocycles. The molecule has 1 aromatic carbocycles. The molecule has 0 bridgehead atoms. The molecule has 25 heavy (non-hydrogen) atoms. The van der Waals surface area contributed by atoms with Gasteiger partial charge >= 0.3 is 0 Å². The number of benzene rings is 1. The molecule has 1 aromatic rings. The van der Waals surface area contributed by atoms with E-state index in [-0.39, 0.29) is 5.82 Å². The summed E-state index contributed by atoms with van der Waals surface area (Å²) in [6.45, 7) is 7.28. The summed E-state index contributed by atoms with van der Waals surface area (Å²) < 4.78 is 19.1. The number of para-hydroxylation sites is 1. The van der Waals surface area contributed by atoms with Crippen LogP contribution in [0.2, 0.25) is 0 Å². The van der Waals surface area contributed by atoms with E-state index >= 15 is 0 Å². The molecule has 2 rings (SSSR count). The van der Waals surface area contributed by atoms with Gasteiger partial charge in [-0.2, -0.15) is 0 Å². The summed E-state index contributed by atoms with van der Waals surface area (Å²) in [7, 11) is 3.68. The van der Waals surface area contributed by atoms with Gasteiger partial charge in [0.25, 0.3) is 0 Å². The molecule has 0 aliphatic carbocycles. The first-order valence-corrected chi connectivity index (χ1v) is 9.13. The lowest BCUT2D eigenvalue weighted by Gasteiger charge is -2.22. The van der Waals surface area contributed by atoms with E-state index in [4.69, 9.17) is 9.73 Å². The van der Waals surface area contributed by atoms with E-state index in [1.165, 1.54) is 6.07 Å². The number of ether oxygens (including phenoxy) is 1. The Balaban J connectivity index is 1.82. The van der Waals surface area contributed by atoms with Crippen LogP contribution in [0.3, 0.4) is 0 Å². The predicted molar refractivity (Wildman–Crippen MR) is 102 cm³/mol. The normalized spacial score (nSPS) is 17.8. The number of halogens is 1. The lowest BCUT2D eigenvalue weighted by atomic mass is 10.1. The van der Waals surface area contributed by atoms with Crippen molar-refractivity contribution in [1.82, 2.24) is 10.2 Å². The van der Waals surface area contributed by atoms with Crippen molar-refractivity contribution in [3.8, 4) is 0 Å². The average Bonchev–Trinajstić information content (AvgIpc) is 3.06. The van der Waals surface area contributed by atoms with Crippen LogP contribution in [0.5, 0.6) is 0 Å². The lowest BCUT2D eigenvalue weighted by Crippen LogP contribution is -2.40. The van der Waals surface area contributed by atoms with Gasteiger partial charge in [0.15, 0.2) is 5.96 Å². The summed E-state index contributed by atoms with van der Waals surface area (Å²) in [5, 5.41) is 3.38. The summed E-state index contributed by atoms with van der Waals surface area (Å²) in [6.07, 6.45) is 2.03. The second-order valence-electron chi connectivity index (χ2n) is 6.52. The first-order valence-electron chi connectivity index (χ1n) is 9.13. The molecule has 1 saturated heterocycles. The molecule has 5 nitrogen and oxygen atoms in total. The molecule has 1 aliphatic rings. The molecule has 0 amide bonds. The zero-order chi connectivity index (χ0) is 18.1. The third-order valence-electron chi connectivity index (χ3n) is 4.50. The van der Waals surface area contributed by atoms with Crippen molar-refractivity contribution < 1.29 is 9.13 Å². The van der Waals surface area contributed by atoms with Gasteiger partial charge < -0.3 is 19.9 Å². The van der Waals surface area contributed by atoms with Crippen molar-refractivity contribution in [3.63, 3.8) is 0 Å². The maximum Gasteiger partial charge on any atom is 0.193 e. The first kappa shape index (κ1) is 19.5. The number of guanidine groups is 1. The molecule has 0 saturated carbocycles. The van der Waals surface area contributed by atoms with Crippen molar-refractivity contribution in [2.24, 2.45) is 10.9 Å². The minimum absolute atomic E-state index is 0.178. The zero-order valence-electron chi connectivity index (χ0n) is 15.7. The smallest absolute Gasteiger partial charge is 0.193 e. The molecule has 140 valence electrons. The molecule has 1 heterocycles. The van der Waals surface area contributed by atoms with Crippen LogP contribution in [-0.2, 0) is 4.74 Å². The van der Waals surface area contributed by atoms with Crippen molar-refractivity contribution in [2.75, 3.05) is 58.4 Å². The Morgan fingerprint density at radius 2 is 2.24 bits per heavy atom. The highest BCUT2D eigenvalue weighted by Gasteiger charge is 2.24. The monoisotopic (exact) mass is 350 g/mol. The Kier molecular flexibility index (Phi) is 7.98. The number of nitrogens with zero attached hydrogens (tertiary/aromatic N) is 3. The van der Waals surface area contributed by atoms with E-state index in [0.717, 1.165) is 58.1 Å². The summed E-state index contributed by atoms with van der Waals surface area (Å²) in [5.74, 6) is 1.39. The number of hydrogen-bond acceptors (Lipinski definition) is 3. The predicted octanol–water partition coefficient (Wildman–Crippen LogP) is 2.59. The molecule has 1 unspecified atom stereocenters. The number of nitrogens with one attached hydrogen (secondary N) is 1. The fourth-order valence-corrected chi connectivity index (χ4v) is 3.20. The minimum Gasteiger partial charge on any atom is -0.384 e. The van der Waals surface area contributed by atoms with Crippen LogP contribution < -0.4 is 10.2 Å². The summed E-state index contributed by atoms with van der Waals surface area (Å²) in [4.78, 5) is 9.01. The number of hydrogen-bond donors (Lipinski definition) is 1. The maximum atomic E-state index is 13.8. The minimum atomic E-state index is -0.178. The van der Waals surface area contributed by atoms with Crippen LogP contribution in [0.15, 0.2) is 29.3 Å². The van der Waals surface area contributed by atoms with Crippen molar-refractivity contribution in [1.29, 1.82) is 0 Å². The van der Waals surface area contributed by atoms with Gasteiger partial charge in [-0.3, -0.25) is 4.99 Å². The van der Waals surface area contributed by atoms with E-state index < -0.39 is 0 Å². The molecule has 6 heteroatoms. The van der Waals surface area contributed by atoms with Gasteiger partial charge in [0.05, 0.1) is 12.3 Å². The largest absolute Gasteiger partial charge is 0.384 e. The summed E-state index contributed by atoms with van der Waals surface area (Å²) in [5.41, 5.74) is 0.639. The molecule has 0 aromatic heterocycles. The van der Waals surface area contributed by atoms with Crippen LogP contribution >= 0.6 is 0 Å². The Hall–Kier alpha value is -1.82. The third-order valence-corrected chi connectivity index (χ3v) is 4.50. The van der Waals surface area contributed by atoms with Crippen molar-refractivity contribution in [3.05, 3.63) is 30.1 Å². The van der Waals surface area contributed by atoms with E-state index in [9.17, 15) is 4.39 Å². The molecule has 0 spiro atoms. The maximum absolute atomic E-state index is 13.8. The number of likely N-dealkylation sites (tertiary alicyclic amines) is 1. The topological polar surface area (TPSA) is 40.1 Å². The second kappa shape index (κ2) is 10.2. The zero-order valence-corrected chi connectivity index (χ0v) is 15.7. The highest BCUT2D eigenvalue weighted by molar-refractivity contribution is 5.80. The third kappa shape index (κ3) is 5.88. The van der Waals surface area contributed by atoms with Crippen LogP contribution in [0, 0.1) is 11.7 Å². The van der Waals surface area contributed by atoms with E-state index in [0.29, 0.717) is 11.6 Å². The number of methoxy groups -OCH3 is 1. The standard InChI is InChI=1S/C19H31FN4O/c1-4-21-19(24-13-10-16(14-24)15-25-3)22-11-7-12-23(2)18-9-6-5-8-17(18)20/h5-6,8-9,16H,4,7,10-15H2,1-3H3,(H,21,22). The highest BCUT2D eigenvalue weighted by atomic mass is 19.1. The molecule has 1 atom stereocenters. The number of anilines is 1. The van der Waals surface area contributed by atoms with Crippen LogP contribution in [-0.4, -0.2) is 64.3 Å². The molecule has 1 N–H and O–H groups in total. The van der Waals surface area contributed by atoms with Crippen molar-refractivity contribution >= 4 is 11.6 Å². The van der Waals surface area contributed by atoms with Gasteiger partial charge in [-0.15, -0.1) is 0 Å². The van der Waals surface area contributed by atoms with Gasteiger partial charge in [-0.1, -0.05) is 12.1 Å². The molecular weight excluding hydrogens is 319 g/mol. The lowest BCUT2D eigenvalue weighted by molar-refractivity contribution is 0.157. The van der Waals surface area contributed by atoms with E-state index in [1.54, 1.807) is 13.2 Å². The summed E-state index contributed by atoms with van der Waals surface area (Å²) >= 11 is 0. The quantitative estimate of drug-likeness (QED) is 0.444. The molecule has 1 fully saturated rings. The van der Waals surface area contributed by atoms with E-state index in [1.807, 2.05) is 24.1 Å². The van der Waals surface area contributed by atoms with E-state index in [2.05, 4.69) is 17.1 Å². The highest BCUT2D eigenvalue weighted by Crippen LogP contribution is 2.18. The van der Waals surface area contributed by atoms with Gasteiger partial charge in [0.1, 0.15) is 5.82 Å². The second-order valence-corrected chi connectivity index (χ2v) is 6.52. The van der Waals surface area contributed by atoms with Crippen LogP contribution in [0.1, 0.15) is 19.8 Å². The van der Waals surface area contributed by atoms with Crippen LogP contribution in [0.25, 0.3) is 0 Å². The summed E-state index contributed by atoms with van der Waals surface area (Å²) in [6, 6.07) is 6.88. The van der Waals surface area contributed by atoms with Crippen molar-refractivity contribution in [2.45, 2.75) is 19.8 Å². The fraction of sp³-hybridized carbons (Fsp3) is 0.632. The molecule has 0 radical (unpaired) electrons. The average molecular weight is 350 g/mol. The fourth-order valence-electron chi connectivity index (χ4n) is 3.20. The Morgan fingerprint density at radius 1 is 1.44 bits per heavy atom. The van der Waals surface area contributed by atoms with Gasteiger partial charge in [-0.05, 0) is 31.9 Å². The Bertz CT molecular complexity index is 552. The van der Waals surface area contributed by atoms with Gasteiger partial charge in [-0.25, -0.2) is 4.39 Å². The van der Waals surface area contributed by atoms with Gasteiger partial charge in [0.2, 0.25) is 0 Å². The SMILES string of the molecule is CCNC(=NCCCN(C)c1ccccc1F)N1CCC(COC)C1. The van der Waals surface area contributed by atoms with Crippen LogP contribution in [0.4, 0.5) is 10.1 Å². The molecular formula is C19H31FN4O. The Labute approximate surface area is 150 Å². The Morgan fingerprint density at radius 3 is 2.96 bits per heavy atom. The first-order chi connectivity index (χ1) is 12.2. The number of rotatable bonds is 8. The van der Waals surface area contributed by atoms with Gasteiger partial charge in [0, 0.05) is 52.8 Å².